The third-order valence-corrected chi connectivity index (χ3v) is 4.22. The molecule has 30 heavy (non-hydrogen) atoms. The van der Waals surface area contributed by atoms with E-state index in [0.717, 1.165) is 35.5 Å². The van der Waals surface area contributed by atoms with Crippen LogP contribution < -0.4 is 9.47 Å². The summed E-state index contributed by atoms with van der Waals surface area (Å²) in [6, 6.07) is 11.9. The fourth-order valence-corrected chi connectivity index (χ4v) is 2.62. The van der Waals surface area contributed by atoms with Crippen LogP contribution in [0.4, 0.5) is 0 Å². The van der Waals surface area contributed by atoms with E-state index < -0.39 is 0 Å². The number of methoxy groups -OCH3 is 6. The molecule has 172 valence electrons. The zero-order chi connectivity index (χ0) is 22.5. The lowest BCUT2D eigenvalue weighted by Crippen LogP contribution is -1.96. The van der Waals surface area contributed by atoms with Gasteiger partial charge in [-0.3, -0.25) is 0 Å². The van der Waals surface area contributed by atoms with Crippen molar-refractivity contribution >= 4 is 10.8 Å². The molecule has 0 N–H and O–H groups in total. The van der Waals surface area contributed by atoms with Gasteiger partial charge in [0.15, 0.2) is 0 Å². The van der Waals surface area contributed by atoms with Gasteiger partial charge >= 0.3 is 0 Å². The van der Waals surface area contributed by atoms with Crippen LogP contribution in [0.2, 0.25) is 0 Å². The van der Waals surface area contributed by atoms with Gasteiger partial charge in [-0.25, -0.2) is 0 Å². The van der Waals surface area contributed by atoms with E-state index in [-0.39, 0.29) is 0 Å². The van der Waals surface area contributed by atoms with Gasteiger partial charge < -0.3 is 28.4 Å². The first-order valence-electron chi connectivity index (χ1n) is 10.3. The second kappa shape index (κ2) is 20.4. The van der Waals surface area contributed by atoms with Crippen molar-refractivity contribution in [3.05, 3.63) is 36.4 Å². The van der Waals surface area contributed by atoms with Gasteiger partial charge in [0, 0.05) is 52.4 Å². The van der Waals surface area contributed by atoms with Crippen molar-refractivity contribution in [2.24, 2.45) is 0 Å². The lowest BCUT2D eigenvalue weighted by Gasteiger charge is -2.08. The fraction of sp³-hybridized carbons (Fsp3) is 0.583. The summed E-state index contributed by atoms with van der Waals surface area (Å²) in [5.41, 5.74) is 0. The first kappa shape index (κ1) is 28.1. The Balaban J connectivity index is 0.000000463. The summed E-state index contributed by atoms with van der Waals surface area (Å²) in [6.07, 6.45) is 4.88. The third-order valence-electron chi connectivity index (χ3n) is 4.22. The average molecular weight is 425 g/mol. The lowest BCUT2D eigenvalue weighted by molar-refractivity contribution is 0.103. The predicted octanol–water partition coefficient (Wildman–Crippen LogP) is 4.98. The molecule has 0 bridgehead atoms. The number of unbranched alkanes of at least 4 members (excludes halogenated alkanes) is 3. The molecule has 0 radical (unpaired) electrons. The Kier molecular flexibility index (Phi) is 19.1. The van der Waals surface area contributed by atoms with Gasteiger partial charge in [-0.15, -0.1) is 0 Å². The molecule has 0 saturated carbocycles. The SMILES string of the molecule is COCCCCCCOC.COCCOC.COc1cccc2c(OC)cccc12. The summed E-state index contributed by atoms with van der Waals surface area (Å²) in [5.74, 6) is 1.75. The van der Waals surface area contributed by atoms with E-state index in [2.05, 4.69) is 9.47 Å². The fourth-order valence-electron chi connectivity index (χ4n) is 2.62. The molecule has 0 heterocycles. The first-order chi connectivity index (χ1) is 14.7. The van der Waals surface area contributed by atoms with Gasteiger partial charge in [0.1, 0.15) is 11.5 Å². The largest absolute Gasteiger partial charge is 0.496 e. The molecular formula is C24H40O6. The summed E-state index contributed by atoms with van der Waals surface area (Å²) in [5, 5.41) is 2.16. The molecule has 2 aromatic rings. The molecular weight excluding hydrogens is 384 g/mol. The number of hydrogen-bond acceptors (Lipinski definition) is 6. The number of ether oxygens (including phenoxy) is 6. The zero-order valence-electron chi connectivity index (χ0n) is 19.6. The Bertz CT molecular complexity index is 577. The molecule has 0 spiro atoms. The van der Waals surface area contributed by atoms with Crippen LogP contribution in [0.1, 0.15) is 25.7 Å². The van der Waals surface area contributed by atoms with E-state index in [1.807, 2.05) is 36.4 Å². The quantitative estimate of drug-likeness (QED) is 0.448. The summed E-state index contributed by atoms with van der Waals surface area (Å²) >= 11 is 0. The van der Waals surface area contributed by atoms with Crippen LogP contribution in [-0.2, 0) is 18.9 Å². The maximum absolute atomic E-state index is 5.27. The molecule has 0 saturated heterocycles. The van der Waals surface area contributed by atoms with Crippen LogP contribution in [0.5, 0.6) is 11.5 Å². The van der Waals surface area contributed by atoms with Gasteiger partial charge in [-0.05, 0) is 25.0 Å². The Hall–Kier alpha value is -1.86. The zero-order valence-corrected chi connectivity index (χ0v) is 19.6. The normalized spacial score (nSPS) is 9.93. The Morgan fingerprint density at radius 2 is 0.833 bits per heavy atom. The smallest absolute Gasteiger partial charge is 0.126 e. The molecule has 0 aliphatic rings. The summed E-state index contributed by atoms with van der Waals surface area (Å²) in [4.78, 5) is 0. The minimum Gasteiger partial charge on any atom is -0.496 e. The first-order valence-corrected chi connectivity index (χ1v) is 10.3. The van der Waals surface area contributed by atoms with Crippen LogP contribution in [0.15, 0.2) is 36.4 Å². The summed E-state index contributed by atoms with van der Waals surface area (Å²) in [7, 11) is 10.1. The number of hydrogen-bond donors (Lipinski definition) is 0. The molecule has 2 aromatic carbocycles. The van der Waals surface area contributed by atoms with Gasteiger partial charge in [0.25, 0.3) is 0 Å². The Labute approximate surface area is 182 Å². The molecule has 0 aromatic heterocycles. The molecule has 0 fully saturated rings. The van der Waals surface area contributed by atoms with E-state index in [1.165, 1.54) is 25.7 Å². The van der Waals surface area contributed by atoms with E-state index in [0.29, 0.717) is 13.2 Å². The number of rotatable bonds is 12. The molecule has 0 aliphatic carbocycles. The van der Waals surface area contributed by atoms with Crippen molar-refractivity contribution in [1.29, 1.82) is 0 Å². The Morgan fingerprint density at radius 1 is 0.467 bits per heavy atom. The molecule has 2 rings (SSSR count). The van der Waals surface area contributed by atoms with E-state index in [1.54, 1.807) is 42.7 Å². The van der Waals surface area contributed by atoms with Crippen molar-refractivity contribution < 1.29 is 28.4 Å². The maximum Gasteiger partial charge on any atom is 0.126 e. The molecule has 0 aliphatic heterocycles. The number of fused-ring (bicyclic) bond motifs is 1. The topological polar surface area (TPSA) is 55.4 Å². The van der Waals surface area contributed by atoms with E-state index in [9.17, 15) is 0 Å². The van der Waals surface area contributed by atoms with E-state index >= 15 is 0 Å². The monoisotopic (exact) mass is 424 g/mol. The second-order valence-corrected chi connectivity index (χ2v) is 6.40. The second-order valence-electron chi connectivity index (χ2n) is 6.40. The van der Waals surface area contributed by atoms with Crippen LogP contribution in [0, 0.1) is 0 Å². The highest BCUT2D eigenvalue weighted by atomic mass is 16.5. The maximum atomic E-state index is 5.27. The average Bonchev–Trinajstić information content (AvgIpc) is 2.80. The predicted molar refractivity (Wildman–Crippen MR) is 123 cm³/mol. The van der Waals surface area contributed by atoms with Crippen LogP contribution in [0.3, 0.4) is 0 Å². The highest BCUT2D eigenvalue weighted by Crippen LogP contribution is 2.31. The van der Waals surface area contributed by atoms with Crippen LogP contribution >= 0.6 is 0 Å². The van der Waals surface area contributed by atoms with Gasteiger partial charge in [0.05, 0.1) is 27.4 Å². The molecule has 0 amide bonds. The highest BCUT2D eigenvalue weighted by molar-refractivity contribution is 5.93. The summed E-state index contributed by atoms with van der Waals surface area (Å²) < 4.78 is 29.7. The van der Waals surface area contributed by atoms with Crippen LogP contribution in [-0.4, -0.2) is 69.1 Å². The third kappa shape index (κ3) is 12.6. The van der Waals surface area contributed by atoms with Crippen molar-refractivity contribution in [3.8, 4) is 11.5 Å². The molecule has 6 heteroatoms. The molecule has 6 nitrogen and oxygen atoms in total. The van der Waals surface area contributed by atoms with Gasteiger partial charge in [-0.1, -0.05) is 37.1 Å². The minimum atomic E-state index is 0.691. The van der Waals surface area contributed by atoms with E-state index in [4.69, 9.17) is 18.9 Å². The standard InChI is InChI=1S/C12H12O2.C8H18O2.C4H10O2/c1-13-11-7-3-6-10-9(11)5-4-8-12(10)14-2;1-9-7-5-3-4-6-8-10-2;1-5-3-4-6-2/h3-8H,1-2H3;3-8H2,1-2H3;3-4H2,1-2H3. The van der Waals surface area contributed by atoms with Crippen molar-refractivity contribution in [2.45, 2.75) is 25.7 Å². The number of benzene rings is 2. The van der Waals surface area contributed by atoms with Gasteiger partial charge in [-0.2, -0.15) is 0 Å². The van der Waals surface area contributed by atoms with Crippen molar-refractivity contribution in [1.82, 2.24) is 0 Å². The lowest BCUT2D eigenvalue weighted by atomic mass is 10.1. The Morgan fingerprint density at radius 3 is 1.13 bits per heavy atom. The highest BCUT2D eigenvalue weighted by Gasteiger charge is 2.04. The van der Waals surface area contributed by atoms with Crippen molar-refractivity contribution in [3.63, 3.8) is 0 Å². The van der Waals surface area contributed by atoms with Crippen molar-refractivity contribution in [2.75, 3.05) is 69.1 Å². The van der Waals surface area contributed by atoms with Gasteiger partial charge in [0.2, 0.25) is 0 Å². The molecule has 0 unspecified atom stereocenters. The minimum absolute atomic E-state index is 0.691. The van der Waals surface area contributed by atoms with Crippen LogP contribution in [0.25, 0.3) is 10.8 Å². The summed E-state index contributed by atoms with van der Waals surface area (Å²) in [6.45, 7) is 3.17. The molecule has 0 atom stereocenters.